The van der Waals surface area contributed by atoms with Gasteiger partial charge in [0.1, 0.15) is 0 Å². The second-order valence-corrected chi connectivity index (χ2v) is 9.07. The van der Waals surface area contributed by atoms with Gasteiger partial charge in [-0.3, -0.25) is 4.57 Å². The number of hydrogen-bond donors (Lipinski definition) is 0. The Kier molecular flexibility index (Phi) is 2.28. The lowest BCUT2D eigenvalue weighted by molar-refractivity contribution is 0.953. The van der Waals surface area contributed by atoms with Crippen molar-refractivity contribution >= 4 is 43.6 Å². The molecule has 3 heterocycles. The zero-order chi connectivity index (χ0) is 50.8. The van der Waals surface area contributed by atoms with Crippen LogP contribution >= 0.6 is 0 Å². The van der Waals surface area contributed by atoms with Crippen molar-refractivity contribution in [3.8, 4) is 34.4 Å². The first-order chi connectivity index (χ1) is 32.2. The molecule has 0 spiro atoms. The third-order valence-electron chi connectivity index (χ3n) is 6.72. The molecule has 0 aliphatic heterocycles. The molecule has 44 heavy (non-hydrogen) atoms. The molecule has 0 N–H and O–H groups in total. The summed E-state index contributed by atoms with van der Waals surface area (Å²) < 4.78 is 221. The van der Waals surface area contributed by atoms with E-state index < -0.39 is 229 Å². The van der Waals surface area contributed by atoms with Crippen molar-refractivity contribution < 1.29 is 34.3 Å². The van der Waals surface area contributed by atoms with E-state index in [2.05, 4.69) is 15.0 Å². The van der Waals surface area contributed by atoms with E-state index >= 15 is 0 Å². The summed E-state index contributed by atoms with van der Waals surface area (Å²) in [6.45, 7) is 0. The monoisotopic (exact) mass is 588 g/mol. The zero-order valence-corrected chi connectivity index (χ0v) is 21.7. The van der Waals surface area contributed by atoms with Gasteiger partial charge in [0.2, 0.25) is 5.95 Å². The van der Waals surface area contributed by atoms with Crippen molar-refractivity contribution in [2.24, 2.45) is 0 Å². The second kappa shape index (κ2) is 9.75. The summed E-state index contributed by atoms with van der Waals surface area (Å²) in [5.41, 5.74) is -4.63. The van der Waals surface area contributed by atoms with Gasteiger partial charge in [0.25, 0.3) is 0 Å². The van der Waals surface area contributed by atoms with Crippen LogP contribution in [-0.2, 0) is 0 Å². The molecule has 5 nitrogen and oxygen atoms in total. The quantitative estimate of drug-likeness (QED) is 0.206. The number of nitrogens with zero attached hydrogens (tertiary/aromatic N) is 5. The van der Waals surface area contributed by atoms with E-state index in [1.165, 1.54) is 0 Å². The summed E-state index contributed by atoms with van der Waals surface area (Å²) in [5.74, 6) is -2.55. The average molecular weight is 589 g/mol. The third kappa shape index (κ3) is 3.69. The Morgan fingerprint density at radius 1 is 0.386 bits per heavy atom. The van der Waals surface area contributed by atoms with Gasteiger partial charge in [-0.2, -0.15) is 9.97 Å². The molecule has 0 radical (unpaired) electrons. The molecule has 5 heteroatoms. The fourth-order valence-corrected chi connectivity index (χ4v) is 5.00. The molecule has 0 atom stereocenters. The van der Waals surface area contributed by atoms with Crippen LogP contribution in [0.5, 0.6) is 0 Å². The summed E-state index contributed by atoms with van der Waals surface area (Å²) in [6, 6.07) is -22.2. The van der Waals surface area contributed by atoms with Crippen molar-refractivity contribution in [1.29, 1.82) is 0 Å². The molecule has 0 unspecified atom stereocenters. The second-order valence-electron chi connectivity index (χ2n) is 9.07. The zero-order valence-electron chi connectivity index (χ0n) is 46.7. The fraction of sp³-hybridized carbons (Fsp3) is 0. The van der Waals surface area contributed by atoms with E-state index in [1.807, 2.05) is 0 Å². The molecule has 0 aliphatic carbocycles. The van der Waals surface area contributed by atoms with E-state index in [0.717, 1.165) is 9.13 Å². The van der Waals surface area contributed by atoms with Gasteiger partial charge in [-0.05, 0) is 24.2 Å². The maximum absolute atomic E-state index is 9.53. The number of aromatic nitrogens is 5. The molecule has 6 aromatic carbocycles. The average Bonchev–Trinajstić information content (AvgIpc) is 3.86. The van der Waals surface area contributed by atoms with Gasteiger partial charge in [-0.25, -0.2) is 4.98 Å². The predicted molar refractivity (Wildman–Crippen MR) is 179 cm³/mol. The van der Waals surface area contributed by atoms with Crippen LogP contribution in [0, 0.1) is 0 Å². The fourth-order valence-electron chi connectivity index (χ4n) is 5.00. The molecule has 9 aromatic rings. The minimum atomic E-state index is -0.944. The molecular formula is C39H25N5. The van der Waals surface area contributed by atoms with Gasteiger partial charge < -0.3 is 4.57 Å². The van der Waals surface area contributed by atoms with Gasteiger partial charge in [-0.15, -0.1) is 0 Å². The van der Waals surface area contributed by atoms with Crippen LogP contribution in [0.4, 0.5) is 0 Å². The predicted octanol–water partition coefficient (Wildman–Crippen LogP) is 9.40. The molecule has 0 aliphatic rings. The molecule has 0 saturated carbocycles. The Labute approximate surface area is 288 Å². The first-order valence-corrected chi connectivity index (χ1v) is 12.7. The van der Waals surface area contributed by atoms with E-state index in [1.54, 1.807) is 0 Å². The van der Waals surface area contributed by atoms with Crippen LogP contribution in [-0.4, -0.2) is 24.1 Å². The largest absolute Gasteiger partial charge is 0.307 e. The van der Waals surface area contributed by atoms with E-state index in [4.69, 9.17) is 28.8 Å². The van der Waals surface area contributed by atoms with Crippen LogP contribution in [0.1, 0.15) is 34.3 Å². The van der Waals surface area contributed by atoms with Gasteiger partial charge >= 0.3 is 0 Å². The molecule has 206 valence electrons. The van der Waals surface area contributed by atoms with E-state index in [9.17, 15) is 5.48 Å². The Morgan fingerprint density at radius 3 is 1.36 bits per heavy atom. The molecule has 0 saturated heterocycles. The third-order valence-corrected chi connectivity index (χ3v) is 6.72. The highest BCUT2D eigenvalue weighted by atomic mass is 15.2. The number of para-hydroxylation sites is 3. The van der Waals surface area contributed by atoms with Crippen LogP contribution in [0.25, 0.3) is 78.0 Å². The molecule has 3 aromatic heterocycles. The SMILES string of the molecule is [2H]c1c([2H])c([2H])c(-c2nc(-c3c([2H])c([2H])c([2H])c([2H])c3[2H])nc(-n3c4c([2H])c([2H])c([2H])c([2H])c4c4c([2H])c([2H])c5c6c([2H])c([2H])c([2H])c([2H])c6n(-c6c([2H])c([2H])c([2H])c([2H])c6[2H])c5c43)n2)c([2H])c1[2H]. The van der Waals surface area contributed by atoms with Gasteiger partial charge in [0, 0.05) is 38.4 Å². The standard InChI is InChI=1S/C39H25N5/c1-4-14-26(15-5-1)37-40-38(27-16-6-2-7-17-27)42-39(41-37)44-34-23-13-11-21-30(34)32-25-24-31-29-20-10-12-22-33(29)43(35(31)36(32)44)28-18-8-3-9-19-28/h1-25H/i1D,2D,3D,4D,5D,6D,7D,8D,9D,10D,11D,12D,13D,14D,15D,16D,17D,18D,19D,20D,21D,22D,23D,24D,25D. The van der Waals surface area contributed by atoms with Crippen LogP contribution in [0.15, 0.2) is 151 Å². The summed E-state index contributed by atoms with van der Waals surface area (Å²) in [7, 11) is 0. The molecular weight excluding hydrogens is 538 g/mol. The Hall–Kier alpha value is -6.07. The lowest BCUT2D eigenvalue weighted by atomic mass is 10.1. The minimum absolute atomic E-state index is 0.519. The van der Waals surface area contributed by atoms with Crippen molar-refractivity contribution in [2.45, 2.75) is 0 Å². The number of fused-ring (bicyclic) bond motifs is 7. The normalized spacial score (nSPS) is 19.6. The van der Waals surface area contributed by atoms with Gasteiger partial charge in [0.15, 0.2) is 11.6 Å². The Bertz CT molecular complexity index is 3740. The summed E-state index contributed by atoms with van der Waals surface area (Å²) in [6.07, 6.45) is 0. The van der Waals surface area contributed by atoms with Crippen molar-refractivity contribution in [1.82, 2.24) is 24.1 Å². The van der Waals surface area contributed by atoms with Crippen LogP contribution < -0.4 is 0 Å². The smallest absolute Gasteiger partial charge is 0.238 e. The van der Waals surface area contributed by atoms with Crippen LogP contribution in [0.3, 0.4) is 0 Å². The lowest BCUT2D eigenvalue weighted by Gasteiger charge is -2.13. The highest BCUT2D eigenvalue weighted by Crippen LogP contribution is 2.41. The van der Waals surface area contributed by atoms with Gasteiger partial charge in [0.05, 0.1) is 56.3 Å². The maximum atomic E-state index is 9.53. The maximum Gasteiger partial charge on any atom is 0.238 e. The first kappa shape index (κ1) is 10.3. The summed E-state index contributed by atoms with van der Waals surface area (Å²) in [5, 5.41) is -2.14. The van der Waals surface area contributed by atoms with E-state index in [-0.39, 0.29) is 0 Å². The van der Waals surface area contributed by atoms with Gasteiger partial charge in [-0.1, -0.05) is 127 Å². The number of hydrogen-bond acceptors (Lipinski definition) is 3. The first-order valence-electron chi connectivity index (χ1n) is 25.2. The highest BCUT2D eigenvalue weighted by molar-refractivity contribution is 6.23. The number of benzene rings is 6. The summed E-state index contributed by atoms with van der Waals surface area (Å²) >= 11 is 0. The lowest BCUT2D eigenvalue weighted by Crippen LogP contribution is -2.07. The Morgan fingerprint density at radius 2 is 0.818 bits per heavy atom. The number of rotatable bonds is 4. The Balaban J connectivity index is 1.68. The van der Waals surface area contributed by atoms with Crippen LogP contribution in [0.2, 0.25) is 0 Å². The molecule has 0 fully saturated rings. The molecule has 9 rings (SSSR count). The molecule has 0 amide bonds. The minimum Gasteiger partial charge on any atom is -0.307 e. The highest BCUT2D eigenvalue weighted by Gasteiger charge is 2.23. The van der Waals surface area contributed by atoms with E-state index in [0.29, 0.717) is 0 Å². The molecule has 0 bridgehead atoms. The van der Waals surface area contributed by atoms with Crippen molar-refractivity contribution in [2.75, 3.05) is 0 Å². The van der Waals surface area contributed by atoms with Crippen molar-refractivity contribution in [3.63, 3.8) is 0 Å². The topological polar surface area (TPSA) is 48.5 Å². The van der Waals surface area contributed by atoms with Crippen molar-refractivity contribution in [3.05, 3.63) is 151 Å². The summed E-state index contributed by atoms with van der Waals surface area (Å²) in [4.78, 5) is 13.2.